The van der Waals surface area contributed by atoms with Crippen molar-refractivity contribution in [2.45, 2.75) is 20.8 Å². The van der Waals surface area contributed by atoms with Gasteiger partial charge in [-0.25, -0.2) is 0 Å². The lowest BCUT2D eigenvalue weighted by molar-refractivity contribution is 0.594. The molecular weight excluding hydrogens is 254 g/mol. The van der Waals surface area contributed by atoms with Crippen molar-refractivity contribution in [2.75, 3.05) is 0 Å². The fourth-order valence-electron chi connectivity index (χ4n) is 2.79. The SMILES string of the molecule is C=N/C1=C\C(C(/C=C\C)=C/C)C(C)/C=C\c2ccccc21. The van der Waals surface area contributed by atoms with Gasteiger partial charge in [0.1, 0.15) is 0 Å². The lowest BCUT2D eigenvalue weighted by Gasteiger charge is -2.23. The van der Waals surface area contributed by atoms with Crippen LogP contribution in [0, 0.1) is 11.8 Å². The Morgan fingerprint density at radius 2 is 2.00 bits per heavy atom. The van der Waals surface area contributed by atoms with Gasteiger partial charge in [-0.15, -0.1) is 0 Å². The molecule has 1 aliphatic carbocycles. The molecule has 0 aromatic heterocycles. The summed E-state index contributed by atoms with van der Waals surface area (Å²) in [6.45, 7) is 10.2. The van der Waals surface area contributed by atoms with Crippen LogP contribution in [0.25, 0.3) is 11.8 Å². The van der Waals surface area contributed by atoms with Gasteiger partial charge in [-0.2, -0.15) is 0 Å². The van der Waals surface area contributed by atoms with E-state index in [1.807, 2.05) is 6.07 Å². The van der Waals surface area contributed by atoms with Crippen molar-refractivity contribution in [1.29, 1.82) is 0 Å². The Labute approximate surface area is 128 Å². The Morgan fingerprint density at radius 3 is 2.67 bits per heavy atom. The number of fused-ring (bicyclic) bond motifs is 1. The first-order valence-corrected chi connectivity index (χ1v) is 7.46. The third-order valence-corrected chi connectivity index (χ3v) is 3.97. The van der Waals surface area contributed by atoms with Gasteiger partial charge in [-0.05, 0) is 37.6 Å². The van der Waals surface area contributed by atoms with Gasteiger partial charge in [0.2, 0.25) is 0 Å². The molecule has 1 aromatic rings. The molecule has 0 amide bonds. The van der Waals surface area contributed by atoms with Gasteiger partial charge in [0, 0.05) is 11.5 Å². The smallest absolute Gasteiger partial charge is 0.0667 e. The zero-order valence-electron chi connectivity index (χ0n) is 13.1. The van der Waals surface area contributed by atoms with Crippen molar-refractivity contribution in [3.63, 3.8) is 0 Å². The quantitative estimate of drug-likeness (QED) is 0.509. The van der Waals surface area contributed by atoms with Gasteiger partial charge in [-0.3, -0.25) is 4.99 Å². The van der Waals surface area contributed by atoms with Gasteiger partial charge < -0.3 is 0 Å². The maximum atomic E-state index is 4.28. The van der Waals surface area contributed by atoms with Crippen molar-refractivity contribution < 1.29 is 0 Å². The van der Waals surface area contributed by atoms with Crippen LogP contribution in [0.15, 0.2) is 65.2 Å². The molecule has 0 saturated carbocycles. The zero-order chi connectivity index (χ0) is 15.2. The van der Waals surface area contributed by atoms with Crippen LogP contribution < -0.4 is 0 Å². The van der Waals surface area contributed by atoms with Crippen molar-refractivity contribution in [2.24, 2.45) is 16.8 Å². The van der Waals surface area contributed by atoms with Crippen molar-refractivity contribution >= 4 is 18.5 Å². The average molecular weight is 277 g/mol. The highest BCUT2D eigenvalue weighted by Crippen LogP contribution is 2.33. The molecule has 0 saturated heterocycles. The normalized spacial score (nSPS) is 26.4. The predicted octanol–water partition coefficient (Wildman–Crippen LogP) is 5.53. The van der Waals surface area contributed by atoms with E-state index in [1.54, 1.807) is 0 Å². The topological polar surface area (TPSA) is 12.4 Å². The first-order chi connectivity index (χ1) is 10.2. The number of nitrogens with zero attached hydrogens (tertiary/aromatic N) is 1. The molecule has 1 nitrogen and oxygen atoms in total. The summed E-state index contributed by atoms with van der Waals surface area (Å²) in [6.07, 6.45) is 13.2. The number of hydrogen-bond donors (Lipinski definition) is 0. The summed E-state index contributed by atoms with van der Waals surface area (Å²) in [5, 5.41) is 0. The van der Waals surface area contributed by atoms with Crippen molar-refractivity contribution in [1.82, 2.24) is 0 Å². The van der Waals surface area contributed by atoms with E-state index in [0.29, 0.717) is 11.8 Å². The molecule has 108 valence electrons. The lowest BCUT2D eigenvalue weighted by atomic mass is 9.82. The molecule has 1 aliphatic rings. The summed E-state index contributed by atoms with van der Waals surface area (Å²) in [5.74, 6) is 0.730. The Bertz CT molecular complexity index is 629. The summed E-state index contributed by atoms with van der Waals surface area (Å²) in [6, 6.07) is 8.34. The first kappa shape index (κ1) is 15.2. The van der Waals surface area contributed by atoms with Crippen molar-refractivity contribution in [3.8, 4) is 0 Å². The zero-order valence-corrected chi connectivity index (χ0v) is 13.1. The molecule has 21 heavy (non-hydrogen) atoms. The van der Waals surface area contributed by atoms with Crippen LogP contribution in [0.2, 0.25) is 0 Å². The van der Waals surface area contributed by atoms with Crippen LogP contribution in [0.4, 0.5) is 0 Å². The standard InChI is InChI=1S/C20H23N/c1-5-9-16(6-2)19-14-20(21-4)18-11-8-7-10-17(18)13-12-15(19)3/h5-15,19H,4H2,1-3H3/b9-5-,13-12-,16-6+,20-14-. The highest BCUT2D eigenvalue weighted by atomic mass is 14.7. The molecule has 2 rings (SSSR count). The third-order valence-electron chi connectivity index (χ3n) is 3.97. The molecular formula is C20H23N. The van der Waals surface area contributed by atoms with E-state index in [0.717, 1.165) is 11.3 Å². The van der Waals surface area contributed by atoms with Crippen LogP contribution in [0.1, 0.15) is 31.9 Å². The second kappa shape index (κ2) is 7.03. The second-order valence-electron chi connectivity index (χ2n) is 5.33. The molecule has 1 aromatic carbocycles. The largest absolute Gasteiger partial charge is 0.264 e. The van der Waals surface area contributed by atoms with E-state index in [2.05, 4.69) is 87.1 Å². The van der Waals surface area contributed by atoms with Gasteiger partial charge in [0.25, 0.3) is 0 Å². The minimum Gasteiger partial charge on any atom is -0.264 e. The minimum atomic E-state index is 0.316. The predicted molar refractivity (Wildman–Crippen MR) is 94.2 cm³/mol. The van der Waals surface area contributed by atoms with Crippen molar-refractivity contribution in [3.05, 3.63) is 71.3 Å². The molecule has 0 radical (unpaired) electrons. The molecule has 0 heterocycles. The molecule has 2 unspecified atom stereocenters. The summed E-state index contributed by atoms with van der Waals surface area (Å²) in [7, 11) is 0. The van der Waals surface area contributed by atoms with Gasteiger partial charge in [0.05, 0.1) is 5.70 Å². The summed E-state index contributed by atoms with van der Waals surface area (Å²) in [5.41, 5.74) is 4.64. The maximum Gasteiger partial charge on any atom is 0.0667 e. The minimum absolute atomic E-state index is 0.316. The number of allylic oxidation sites excluding steroid dienone is 6. The summed E-state index contributed by atoms with van der Waals surface area (Å²) in [4.78, 5) is 4.28. The first-order valence-electron chi connectivity index (χ1n) is 7.46. The number of aliphatic imine (C=N–C) groups is 1. The number of rotatable bonds is 3. The second-order valence-corrected chi connectivity index (χ2v) is 5.33. The number of benzene rings is 1. The van der Waals surface area contributed by atoms with E-state index in [4.69, 9.17) is 0 Å². The Balaban J connectivity index is 2.58. The molecule has 0 N–H and O–H groups in total. The highest BCUT2D eigenvalue weighted by Gasteiger charge is 2.19. The van der Waals surface area contributed by atoms with Gasteiger partial charge in [0.15, 0.2) is 0 Å². The molecule has 0 aliphatic heterocycles. The third kappa shape index (κ3) is 3.30. The summed E-state index contributed by atoms with van der Waals surface area (Å²) >= 11 is 0. The van der Waals surface area contributed by atoms with E-state index in [9.17, 15) is 0 Å². The van der Waals surface area contributed by atoms with Crippen LogP contribution in [-0.4, -0.2) is 6.72 Å². The maximum absolute atomic E-state index is 4.28. The van der Waals surface area contributed by atoms with Crippen LogP contribution >= 0.6 is 0 Å². The molecule has 1 heteroatoms. The average Bonchev–Trinajstić information content (AvgIpc) is 2.51. The van der Waals surface area contributed by atoms with Gasteiger partial charge in [-0.1, -0.05) is 67.6 Å². The number of hydrogen-bond acceptors (Lipinski definition) is 1. The lowest BCUT2D eigenvalue weighted by Crippen LogP contribution is -2.11. The van der Waals surface area contributed by atoms with E-state index < -0.39 is 0 Å². The Morgan fingerprint density at radius 1 is 1.24 bits per heavy atom. The molecule has 2 atom stereocenters. The molecule has 0 spiro atoms. The Hall–Kier alpha value is -2.15. The van der Waals surface area contributed by atoms with Crippen LogP contribution in [0.3, 0.4) is 0 Å². The van der Waals surface area contributed by atoms with E-state index >= 15 is 0 Å². The van der Waals surface area contributed by atoms with E-state index in [-0.39, 0.29) is 0 Å². The summed E-state index contributed by atoms with van der Waals surface area (Å²) < 4.78 is 0. The monoisotopic (exact) mass is 277 g/mol. The fraction of sp³-hybridized carbons (Fsp3) is 0.250. The Kier molecular flexibility index (Phi) is 5.10. The highest BCUT2D eigenvalue weighted by molar-refractivity contribution is 5.77. The fourth-order valence-corrected chi connectivity index (χ4v) is 2.79. The van der Waals surface area contributed by atoms with E-state index in [1.165, 1.54) is 11.1 Å². The van der Waals surface area contributed by atoms with Crippen LogP contribution in [0.5, 0.6) is 0 Å². The molecule has 0 bridgehead atoms. The molecule has 0 fully saturated rings. The van der Waals surface area contributed by atoms with Crippen LogP contribution in [-0.2, 0) is 0 Å². The van der Waals surface area contributed by atoms with Gasteiger partial charge >= 0.3 is 0 Å².